The molecule has 0 aromatic carbocycles. The summed E-state index contributed by atoms with van der Waals surface area (Å²) >= 11 is 0. The third kappa shape index (κ3) is 1.07. The Morgan fingerprint density at radius 3 is 2.80 bits per heavy atom. The molecular formula is C9H17N. The van der Waals surface area contributed by atoms with E-state index in [-0.39, 0.29) is 0 Å². The predicted molar refractivity (Wildman–Crippen MR) is 42.6 cm³/mol. The smallest absolute Gasteiger partial charge is 0.00461 e. The van der Waals surface area contributed by atoms with Gasteiger partial charge in [0.25, 0.3) is 0 Å². The molecular weight excluding hydrogens is 122 g/mol. The van der Waals surface area contributed by atoms with Crippen molar-refractivity contribution >= 4 is 0 Å². The van der Waals surface area contributed by atoms with Gasteiger partial charge < -0.3 is 5.73 Å². The normalized spacial score (nSPS) is 45.9. The van der Waals surface area contributed by atoms with Gasteiger partial charge in [-0.15, -0.1) is 0 Å². The Morgan fingerprint density at radius 2 is 2.00 bits per heavy atom. The number of hydrogen-bond donors (Lipinski definition) is 1. The average molecular weight is 139 g/mol. The van der Waals surface area contributed by atoms with Crippen LogP contribution in [0.3, 0.4) is 0 Å². The molecule has 3 atom stereocenters. The molecule has 2 saturated carbocycles. The molecule has 2 aliphatic carbocycles. The van der Waals surface area contributed by atoms with Gasteiger partial charge >= 0.3 is 0 Å². The standard InChI is InChI=1S/C9H17N/c10-6-8-4-2-1-3-7-5-9(7)8/h7-9H,1-6,10H2. The van der Waals surface area contributed by atoms with E-state index in [0.29, 0.717) is 0 Å². The van der Waals surface area contributed by atoms with Crippen LogP contribution < -0.4 is 5.73 Å². The van der Waals surface area contributed by atoms with Crippen LogP contribution in [-0.4, -0.2) is 6.54 Å². The highest BCUT2D eigenvalue weighted by atomic mass is 14.6. The van der Waals surface area contributed by atoms with Gasteiger partial charge in [-0.2, -0.15) is 0 Å². The first-order valence-electron chi connectivity index (χ1n) is 4.62. The van der Waals surface area contributed by atoms with Gasteiger partial charge in [-0.3, -0.25) is 0 Å². The molecule has 0 heterocycles. The maximum absolute atomic E-state index is 5.69. The number of fused-ring (bicyclic) bond motifs is 1. The molecule has 2 rings (SSSR count). The van der Waals surface area contributed by atoms with Gasteiger partial charge in [-0.25, -0.2) is 0 Å². The van der Waals surface area contributed by atoms with E-state index in [1.54, 1.807) is 0 Å². The summed E-state index contributed by atoms with van der Waals surface area (Å²) in [4.78, 5) is 0. The summed E-state index contributed by atoms with van der Waals surface area (Å²) in [6.45, 7) is 0.946. The Balaban J connectivity index is 1.93. The third-order valence-corrected chi connectivity index (χ3v) is 3.29. The van der Waals surface area contributed by atoms with Gasteiger partial charge in [0.15, 0.2) is 0 Å². The molecule has 0 saturated heterocycles. The summed E-state index contributed by atoms with van der Waals surface area (Å²) in [6.07, 6.45) is 7.33. The summed E-state index contributed by atoms with van der Waals surface area (Å²) in [5.41, 5.74) is 5.69. The van der Waals surface area contributed by atoms with Crippen molar-refractivity contribution in [3.8, 4) is 0 Å². The molecule has 10 heavy (non-hydrogen) atoms. The highest BCUT2D eigenvalue weighted by Crippen LogP contribution is 2.50. The van der Waals surface area contributed by atoms with Crippen LogP contribution in [0, 0.1) is 17.8 Å². The molecule has 0 spiro atoms. The molecule has 0 radical (unpaired) electrons. The molecule has 1 heteroatoms. The van der Waals surface area contributed by atoms with Gasteiger partial charge in [-0.1, -0.05) is 19.3 Å². The van der Waals surface area contributed by atoms with E-state index >= 15 is 0 Å². The van der Waals surface area contributed by atoms with E-state index in [0.717, 1.165) is 24.3 Å². The van der Waals surface area contributed by atoms with Crippen molar-refractivity contribution in [3.63, 3.8) is 0 Å². The molecule has 0 aromatic rings. The van der Waals surface area contributed by atoms with Crippen molar-refractivity contribution in [3.05, 3.63) is 0 Å². The lowest BCUT2D eigenvalue weighted by atomic mass is 9.99. The van der Waals surface area contributed by atoms with Crippen LogP contribution in [0.1, 0.15) is 32.1 Å². The maximum atomic E-state index is 5.69. The summed E-state index contributed by atoms with van der Waals surface area (Å²) in [5, 5.41) is 0. The minimum atomic E-state index is 0.896. The first-order valence-corrected chi connectivity index (χ1v) is 4.62. The number of hydrogen-bond acceptors (Lipinski definition) is 1. The van der Waals surface area contributed by atoms with Crippen LogP contribution in [-0.2, 0) is 0 Å². The Hall–Kier alpha value is -0.0400. The lowest BCUT2D eigenvalue weighted by Crippen LogP contribution is -2.16. The second kappa shape index (κ2) is 2.54. The minimum Gasteiger partial charge on any atom is -0.330 e. The molecule has 0 amide bonds. The highest BCUT2D eigenvalue weighted by Gasteiger charge is 2.42. The summed E-state index contributed by atoms with van der Waals surface area (Å²) in [6, 6.07) is 0. The molecule has 0 aromatic heterocycles. The van der Waals surface area contributed by atoms with Crippen molar-refractivity contribution in [2.75, 3.05) is 6.54 Å². The zero-order chi connectivity index (χ0) is 6.97. The van der Waals surface area contributed by atoms with Crippen LogP contribution in [0.15, 0.2) is 0 Å². The zero-order valence-corrected chi connectivity index (χ0v) is 6.55. The topological polar surface area (TPSA) is 26.0 Å². The second-order valence-corrected chi connectivity index (χ2v) is 3.94. The van der Waals surface area contributed by atoms with Gasteiger partial charge in [0.2, 0.25) is 0 Å². The fraction of sp³-hybridized carbons (Fsp3) is 1.00. The quantitative estimate of drug-likeness (QED) is 0.588. The molecule has 2 aliphatic rings. The molecule has 2 fully saturated rings. The van der Waals surface area contributed by atoms with Crippen molar-refractivity contribution in [1.29, 1.82) is 0 Å². The average Bonchev–Trinajstić information content (AvgIpc) is 2.63. The van der Waals surface area contributed by atoms with Gasteiger partial charge in [0.1, 0.15) is 0 Å². The van der Waals surface area contributed by atoms with E-state index in [4.69, 9.17) is 5.73 Å². The predicted octanol–water partition coefficient (Wildman–Crippen LogP) is 1.77. The third-order valence-electron chi connectivity index (χ3n) is 3.29. The van der Waals surface area contributed by atoms with Crippen LogP contribution in [0.4, 0.5) is 0 Å². The Kier molecular flexibility index (Phi) is 1.69. The van der Waals surface area contributed by atoms with Crippen LogP contribution >= 0.6 is 0 Å². The number of nitrogens with two attached hydrogens (primary N) is 1. The molecule has 0 bridgehead atoms. The van der Waals surface area contributed by atoms with Crippen LogP contribution in [0.5, 0.6) is 0 Å². The minimum absolute atomic E-state index is 0.896. The van der Waals surface area contributed by atoms with Crippen molar-refractivity contribution in [2.24, 2.45) is 23.5 Å². The lowest BCUT2D eigenvalue weighted by molar-refractivity contribution is 0.431. The Bertz CT molecular complexity index is 122. The van der Waals surface area contributed by atoms with Crippen LogP contribution in [0.2, 0.25) is 0 Å². The van der Waals surface area contributed by atoms with E-state index in [9.17, 15) is 0 Å². The van der Waals surface area contributed by atoms with Gasteiger partial charge in [0, 0.05) is 0 Å². The van der Waals surface area contributed by atoms with Crippen molar-refractivity contribution in [2.45, 2.75) is 32.1 Å². The highest BCUT2D eigenvalue weighted by molar-refractivity contribution is 4.93. The first-order chi connectivity index (χ1) is 4.92. The van der Waals surface area contributed by atoms with E-state index in [2.05, 4.69) is 0 Å². The van der Waals surface area contributed by atoms with Crippen molar-refractivity contribution < 1.29 is 0 Å². The maximum Gasteiger partial charge on any atom is -0.00461 e. The van der Waals surface area contributed by atoms with E-state index in [1.165, 1.54) is 32.1 Å². The van der Waals surface area contributed by atoms with E-state index < -0.39 is 0 Å². The van der Waals surface area contributed by atoms with E-state index in [1.807, 2.05) is 0 Å². The Morgan fingerprint density at radius 1 is 1.20 bits per heavy atom. The van der Waals surface area contributed by atoms with Crippen LogP contribution in [0.25, 0.3) is 0 Å². The zero-order valence-electron chi connectivity index (χ0n) is 6.55. The van der Waals surface area contributed by atoms with Crippen molar-refractivity contribution in [1.82, 2.24) is 0 Å². The first kappa shape index (κ1) is 6.66. The monoisotopic (exact) mass is 139 g/mol. The van der Waals surface area contributed by atoms with Gasteiger partial charge in [-0.05, 0) is 37.1 Å². The number of rotatable bonds is 1. The van der Waals surface area contributed by atoms with Gasteiger partial charge in [0.05, 0.1) is 0 Å². The largest absolute Gasteiger partial charge is 0.330 e. The SMILES string of the molecule is NCC1CCCCC2CC12. The Labute approximate surface area is 63.0 Å². The fourth-order valence-corrected chi connectivity index (χ4v) is 2.50. The molecule has 1 nitrogen and oxygen atoms in total. The molecule has 58 valence electrons. The summed E-state index contributed by atoms with van der Waals surface area (Å²) < 4.78 is 0. The second-order valence-electron chi connectivity index (χ2n) is 3.94. The summed E-state index contributed by atoms with van der Waals surface area (Å²) in [7, 11) is 0. The summed E-state index contributed by atoms with van der Waals surface area (Å²) in [5.74, 6) is 3.04. The molecule has 0 aliphatic heterocycles. The fourth-order valence-electron chi connectivity index (χ4n) is 2.50. The molecule has 3 unspecified atom stereocenters. The molecule has 2 N–H and O–H groups in total. The lowest BCUT2D eigenvalue weighted by Gasteiger charge is -2.10.